The van der Waals surface area contributed by atoms with Crippen molar-refractivity contribution in [2.45, 2.75) is 32.7 Å². The van der Waals surface area contributed by atoms with E-state index in [2.05, 4.69) is 45.2 Å². The Hall–Kier alpha value is -0.530. The number of nitrogens with one attached hydrogen (secondary N) is 1. The maximum Gasteiger partial charge on any atom is 0.124 e. The Balaban J connectivity index is 2.22. The van der Waals surface area contributed by atoms with Gasteiger partial charge in [0.05, 0.1) is 5.01 Å². The average molecular weight is 404 g/mol. The molecule has 108 valence electrons. The van der Waals surface area contributed by atoms with Crippen LogP contribution >= 0.6 is 33.9 Å². The van der Waals surface area contributed by atoms with Crippen molar-refractivity contribution in [1.29, 1.82) is 0 Å². The Morgan fingerprint density at radius 2 is 2.25 bits per heavy atom. The van der Waals surface area contributed by atoms with Gasteiger partial charge in [0.15, 0.2) is 0 Å². The van der Waals surface area contributed by atoms with Crippen LogP contribution in [-0.2, 0) is 6.42 Å². The van der Waals surface area contributed by atoms with E-state index in [1.807, 2.05) is 13.0 Å². The molecule has 1 aromatic carbocycles. The average Bonchev–Trinajstić information content (AvgIpc) is 2.80. The molecule has 1 heterocycles. The van der Waals surface area contributed by atoms with E-state index in [1.165, 1.54) is 6.07 Å². The van der Waals surface area contributed by atoms with E-state index in [4.69, 9.17) is 0 Å². The van der Waals surface area contributed by atoms with Crippen molar-refractivity contribution in [3.05, 3.63) is 49.2 Å². The molecule has 0 amide bonds. The number of hydrogen-bond acceptors (Lipinski definition) is 3. The fraction of sp³-hybridized carbons (Fsp3) is 0.400. The summed E-state index contributed by atoms with van der Waals surface area (Å²) in [6.45, 7) is 5.10. The van der Waals surface area contributed by atoms with E-state index >= 15 is 0 Å². The molecule has 1 aromatic heterocycles. The first-order chi connectivity index (χ1) is 9.60. The monoisotopic (exact) mass is 404 g/mol. The maximum atomic E-state index is 13.3. The van der Waals surface area contributed by atoms with Gasteiger partial charge in [-0.15, -0.1) is 11.3 Å². The third kappa shape index (κ3) is 4.23. The third-order valence-corrected chi connectivity index (χ3v) is 4.95. The van der Waals surface area contributed by atoms with Crippen LogP contribution in [-0.4, -0.2) is 11.5 Å². The van der Waals surface area contributed by atoms with E-state index in [0.717, 1.165) is 39.2 Å². The van der Waals surface area contributed by atoms with Crippen LogP contribution in [0, 0.1) is 16.3 Å². The molecule has 0 aliphatic heterocycles. The first kappa shape index (κ1) is 15.9. The minimum absolute atomic E-state index is 0.183. The molecule has 1 unspecified atom stereocenters. The zero-order chi connectivity index (χ0) is 14.5. The van der Waals surface area contributed by atoms with Crippen molar-refractivity contribution >= 4 is 33.9 Å². The van der Waals surface area contributed by atoms with Crippen LogP contribution in [0.15, 0.2) is 23.6 Å². The molecule has 0 aliphatic carbocycles. The fourth-order valence-electron chi connectivity index (χ4n) is 2.07. The number of thiazole rings is 1. The Labute approximate surface area is 137 Å². The Bertz CT molecular complexity index is 571. The summed E-state index contributed by atoms with van der Waals surface area (Å²) in [5, 5.41) is 6.74. The van der Waals surface area contributed by atoms with E-state index < -0.39 is 0 Å². The van der Waals surface area contributed by atoms with Crippen LogP contribution in [0.5, 0.6) is 0 Å². The van der Waals surface area contributed by atoms with Crippen LogP contribution in [0.25, 0.3) is 0 Å². The predicted molar refractivity (Wildman–Crippen MR) is 90.7 cm³/mol. The predicted octanol–water partition coefficient (Wildman–Crippen LogP) is 4.48. The molecule has 0 spiro atoms. The number of halogens is 2. The highest BCUT2D eigenvalue weighted by atomic mass is 127. The normalized spacial score (nSPS) is 12.6. The van der Waals surface area contributed by atoms with Gasteiger partial charge in [-0.25, -0.2) is 9.37 Å². The summed E-state index contributed by atoms with van der Waals surface area (Å²) >= 11 is 3.89. The standard InChI is InChI=1S/C15H18FIN2S/c1-3-6-18-14(8-15-19-10(2)9-20-15)12-5-4-11(16)7-13(12)17/h4-5,7,9,14,18H,3,6,8H2,1-2H3. The largest absolute Gasteiger partial charge is 0.310 e. The zero-order valence-electron chi connectivity index (χ0n) is 11.6. The number of hydrogen-bond donors (Lipinski definition) is 1. The summed E-state index contributed by atoms with van der Waals surface area (Å²) in [6, 6.07) is 5.19. The number of aryl methyl sites for hydroxylation is 1. The topological polar surface area (TPSA) is 24.9 Å². The van der Waals surface area contributed by atoms with Crippen LogP contribution in [0.4, 0.5) is 4.39 Å². The van der Waals surface area contributed by atoms with E-state index in [-0.39, 0.29) is 11.9 Å². The lowest BCUT2D eigenvalue weighted by molar-refractivity contribution is 0.524. The summed E-state index contributed by atoms with van der Waals surface area (Å²) < 4.78 is 14.2. The van der Waals surface area contributed by atoms with Gasteiger partial charge in [0, 0.05) is 27.1 Å². The molecule has 0 bridgehead atoms. The molecule has 1 atom stereocenters. The molecule has 0 saturated carbocycles. The molecule has 20 heavy (non-hydrogen) atoms. The van der Waals surface area contributed by atoms with Crippen LogP contribution in [0.3, 0.4) is 0 Å². The van der Waals surface area contributed by atoms with Crippen molar-refractivity contribution in [2.24, 2.45) is 0 Å². The summed E-state index contributed by atoms with van der Waals surface area (Å²) in [5.74, 6) is -0.183. The molecule has 0 radical (unpaired) electrons. The quantitative estimate of drug-likeness (QED) is 0.719. The SMILES string of the molecule is CCCNC(Cc1nc(C)cs1)c1ccc(F)cc1I. The summed E-state index contributed by atoms with van der Waals surface area (Å²) in [7, 11) is 0. The molecule has 5 heteroatoms. The zero-order valence-corrected chi connectivity index (χ0v) is 14.6. The molecule has 0 fully saturated rings. The minimum Gasteiger partial charge on any atom is -0.310 e. The highest BCUT2D eigenvalue weighted by Crippen LogP contribution is 2.25. The molecule has 2 nitrogen and oxygen atoms in total. The molecule has 2 rings (SSSR count). The Morgan fingerprint density at radius 1 is 1.45 bits per heavy atom. The highest BCUT2D eigenvalue weighted by molar-refractivity contribution is 14.1. The fourth-order valence-corrected chi connectivity index (χ4v) is 3.74. The number of aromatic nitrogens is 1. The van der Waals surface area contributed by atoms with Crippen LogP contribution in [0.2, 0.25) is 0 Å². The molecule has 0 saturated heterocycles. The van der Waals surface area contributed by atoms with Gasteiger partial charge in [0.2, 0.25) is 0 Å². The first-order valence-corrected chi connectivity index (χ1v) is 8.65. The van der Waals surface area contributed by atoms with Gasteiger partial charge >= 0.3 is 0 Å². The Morgan fingerprint density at radius 3 is 2.85 bits per heavy atom. The second-order valence-corrected chi connectivity index (χ2v) is 6.86. The lowest BCUT2D eigenvalue weighted by Crippen LogP contribution is -2.25. The van der Waals surface area contributed by atoms with E-state index in [0.29, 0.717) is 0 Å². The van der Waals surface area contributed by atoms with Gasteiger partial charge in [-0.3, -0.25) is 0 Å². The van der Waals surface area contributed by atoms with E-state index in [1.54, 1.807) is 17.4 Å². The maximum absolute atomic E-state index is 13.3. The Kier molecular flexibility index (Phi) is 5.92. The third-order valence-electron chi connectivity index (χ3n) is 3.02. The van der Waals surface area contributed by atoms with Crippen LogP contribution < -0.4 is 5.32 Å². The van der Waals surface area contributed by atoms with Gasteiger partial charge in [0.1, 0.15) is 5.82 Å². The van der Waals surface area contributed by atoms with E-state index in [9.17, 15) is 4.39 Å². The van der Waals surface area contributed by atoms with Gasteiger partial charge < -0.3 is 5.32 Å². The van der Waals surface area contributed by atoms with Crippen LogP contribution in [0.1, 0.15) is 35.7 Å². The van der Waals surface area contributed by atoms with Gasteiger partial charge in [-0.05, 0) is 60.2 Å². The van der Waals surface area contributed by atoms with Crippen molar-refractivity contribution in [3.63, 3.8) is 0 Å². The molecule has 1 N–H and O–H groups in total. The molecular formula is C15H18FIN2S. The first-order valence-electron chi connectivity index (χ1n) is 6.69. The lowest BCUT2D eigenvalue weighted by atomic mass is 10.0. The molecular weight excluding hydrogens is 386 g/mol. The number of benzene rings is 1. The van der Waals surface area contributed by atoms with Gasteiger partial charge in [-0.2, -0.15) is 0 Å². The smallest absolute Gasteiger partial charge is 0.124 e. The highest BCUT2D eigenvalue weighted by Gasteiger charge is 2.16. The second kappa shape index (κ2) is 7.47. The van der Waals surface area contributed by atoms with Gasteiger partial charge in [0.25, 0.3) is 0 Å². The van der Waals surface area contributed by atoms with Gasteiger partial charge in [-0.1, -0.05) is 13.0 Å². The lowest BCUT2D eigenvalue weighted by Gasteiger charge is -2.19. The van der Waals surface area contributed by atoms with Crippen molar-refractivity contribution in [3.8, 4) is 0 Å². The van der Waals surface area contributed by atoms with Crippen molar-refractivity contribution in [2.75, 3.05) is 6.54 Å². The minimum atomic E-state index is -0.183. The number of rotatable bonds is 6. The summed E-state index contributed by atoms with van der Waals surface area (Å²) in [6.07, 6.45) is 1.92. The van der Waals surface area contributed by atoms with Crippen molar-refractivity contribution in [1.82, 2.24) is 10.3 Å². The molecule has 2 aromatic rings. The second-order valence-electron chi connectivity index (χ2n) is 4.76. The number of nitrogens with zero attached hydrogens (tertiary/aromatic N) is 1. The summed E-state index contributed by atoms with van der Waals surface area (Å²) in [4.78, 5) is 4.53. The van der Waals surface area contributed by atoms with Crippen molar-refractivity contribution < 1.29 is 4.39 Å². The summed E-state index contributed by atoms with van der Waals surface area (Å²) in [5.41, 5.74) is 2.21. The molecule has 0 aliphatic rings.